The predicted molar refractivity (Wildman–Crippen MR) is 157 cm³/mol. The van der Waals surface area contributed by atoms with Crippen molar-refractivity contribution in [2.24, 2.45) is 47.3 Å². The van der Waals surface area contributed by atoms with Crippen molar-refractivity contribution in [1.29, 1.82) is 0 Å². The fourth-order valence-corrected chi connectivity index (χ4v) is 12.0. The van der Waals surface area contributed by atoms with Crippen molar-refractivity contribution in [2.45, 2.75) is 152 Å². The molecule has 5 saturated heterocycles. The Labute approximate surface area is 277 Å². The number of nitrogens with one attached hydrogen (secondary N) is 8. The molecule has 0 aromatic rings. The molecule has 4 saturated carbocycles. The topological polar surface area (TPSA) is 96.2 Å². The Morgan fingerprint density at radius 1 is 0.220 bits per heavy atom. The van der Waals surface area contributed by atoms with Gasteiger partial charge < -0.3 is 0 Å². The van der Waals surface area contributed by atoms with Crippen molar-refractivity contribution in [3.05, 3.63) is 0 Å². The third-order valence-corrected chi connectivity index (χ3v) is 13.8. The van der Waals surface area contributed by atoms with Gasteiger partial charge in [-0.15, -0.1) is 0 Å². The Morgan fingerprint density at radius 2 is 0.341 bits per heavy atom. The van der Waals surface area contributed by atoms with E-state index in [4.69, 9.17) is 0 Å². The molecule has 0 amide bonds. The number of hydrogen-bond donors (Lipinski definition) is 8. The maximum atomic E-state index is 4.26. The first-order valence-electron chi connectivity index (χ1n) is 17.9. The predicted octanol–water partition coefficient (Wildman–Crippen LogP) is 2.61. The summed E-state index contributed by atoms with van der Waals surface area (Å²) >= 11 is 0. The van der Waals surface area contributed by atoms with Crippen LogP contribution in [0, 0.1) is 84.2 Å². The molecule has 5 heterocycles. The Morgan fingerprint density at radius 3 is 0.463 bits per heavy atom. The third-order valence-electron chi connectivity index (χ3n) is 13.8. The molecule has 8 unspecified atom stereocenters. The first kappa shape index (κ1) is 29.3. The van der Waals surface area contributed by atoms with Crippen LogP contribution in [0.4, 0.5) is 0 Å². The van der Waals surface area contributed by atoms with Gasteiger partial charge in [0.05, 0.1) is 49.3 Å². The summed E-state index contributed by atoms with van der Waals surface area (Å²) in [6.45, 7) is 0. The normalized spacial score (nSPS) is 56.2. The van der Waals surface area contributed by atoms with E-state index in [9.17, 15) is 0 Å². The molecule has 5 aliphatic heterocycles. The SMILES string of the molecule is C1CCC2C3NC(NC4NC(NC5NC(NC6NC(N3)C3CCCCC63)C3CCCCC53)C3CCCCC43)C2C1.[Lu]. The zero-order valence-electron chi connectivity index (χ0n) is 24.8. The second-order valence-corrected chi connectivity index (χ2v) is 15.6. The standard InChI is InChI=1S/C32H56N8.Lu/c1-2-10-18-17(9-1)25-33-26(18)38-28-21-13-5-6-14-22(21)30(35-28)40-32-24-16-8-7-15-23(24)31(36-32)39-29-20-12-4-3-11-19(20)27(34-29)37-25;/h17-40H,1-16H2;. The Hall–Kier alpha value is 0.914. The molecule has 9 aliphatic rings. The van der Waals surface area contributed by atoms with Crippen LogP contribution in [0.5, 0.6) is 0 Å². The first-order chi connectivity index (χ1) is 19.8. The van der Waals surface area contributed by atoms with Gasteiger partial charge in [0.25, 0.3) is 0 Å². The van der Waals surface area contributed by atoms with E-state index < -0.39 is 0 Å². The molecule has 1 radical (unpaired) electrons. The van der Waals surface area contributed by atoms with E-state index in [0.717, 1.165) is 47.3 Å². The van der Waals surface area contributed by atoms with Crippen molar-refractivity contribution in [1.82, 2.24) is 42.5 Å². The van der Waals surface area contributed by atoms with Gasteiger partial charge in [-0.25, -0.2) is 0 Å². The maximum absolute atomic E-state index is 4.26. The fourth-order valence-electron chi connectivity index (χ4n) is 12.0. The van der Waals surface area contributed by atoms with Crippen molar-refractivity contribution >= 4 is 0 Å². The van der Waals surface area contributed by atoms with Gasteiger partial charge >= 0.3 is 0 Å². The molecule has 9 rings (SSSR count). The molecule has 0 spiro atoms. The van der Waals surface area contributed by atoms with E-state index in [1.54, 1.807) is 0 Å². The van der Waals surface area contributed by atoms with Gasteiger partial charge in [-0.1, -0.05) is 51.4 Å². The summed E-state index contributed by atoms with van der Waals surface area (Å²) in [6.07, 6.45) is 25.6. The zero-order chi connectivity index (χ0) is 26.2. The van der Waals surface area contributed by atoms with Crippen LogP contribution in [0.15, 0.2) is 0 Å². The molecule has 8 nitrogen and oxygen atoms in total. The minimum atomic E-state index is 0. The Bertz CT molecular complexity index is 716. The Kier molecular flexibility index (Phi) is 8.77. The van der Waals surface area contributed by atoms with Crippen molar-refractivity contribution in [3.8, 4) is 0 Å². The van der Waals surface area contributed by atoms with Crippen LogP contribution in [0.2, 0.25) is 0 Å². The number of fused-ring (bicyclic) bond motifs is 20. The van der Waals surface area contributed by atoms with Gasteiger partial charge in [0.15, 0.2) is 0 Å². The summed E-state index contributed by atoms with van der Waals surface area (Å²) in [5.74, 6) is 5.97. The van der Waals surface area contributed by atoms with Crippen LogP contribution < -0.4 is 42.5 Å². The molecule has 8 atom stereocenters. The van der Waals surface area contributed by atoms with Crippen LogP contribution in [0.3, 0.4) is 0 Å². The fraction of sp³-hybridized carbons (Fsp3) is 1.00. The van der Waals surface area contributed by atoms with E-state index in [-0.39, 0.29) is 36.9 Å². The van der Waals surface area contributed by atoms with Crippen LogP contribution in [0.1, 0.15) is 103 Å². The van der Waals surface area contributed by atoms with E-state index >= 15 is 0 Å². The maximum Gasteiger partial charge on any atom is 0.0628 e. The molecule has 0 aromatic carbocycles. The van der Waals surface area contributed by atoms with Crippen LogP contribution >= 0.6 is 0 Å². The van der Waals surface area contributed by atoms with Gasteiger partial charge in [0, 0.05) is 36.9 Å². The molecule has 4 aliphatic carbocycles. The second-order valence-electron chi connectivity index (χ2n) is 15.6. The van der Waals surface area contributed by atoms with Gasteiger partial charge in [-0.05, 0) is 98.7 Å². The van der Waals surface area contributed by atoms with Gasteiger partial charge in [-0.2, -0.15) is 0 Å². The largest absolute Gasteiger partial charge is 0.286 e. The summed E-state index contributed by atoms with van der Waals surface area (Å²) in [4.78, 5) is 0. The van der Waals surface area contributed by atoms with E-state index in [0.29, 0.717) is 49.3 Å². The average Bonchev–Trinajstić information content (AvgIpc) is 3.73. The molecule has 0 aromatic heterocycles. The summed E-state index contributed by atoms with van der Waals surface area (Å²) in [5, 5.41) is 33.8. The molecular weight excluding hydrogens is 671 g/mol. The molecule has 9 fully saturated rings. The van der Waals surface area contributed by atoms with Gasteiger partial charge in [0.1, 0.15) is 0 Å². The summed E-state index contributed by atoms with van der Waals surface area (Å²) in [6, 6.07) is 0. The van der Waals surface area contributed by atoms with Crippen LogP contribution in [0.25, 0.3) is 0 Å². The van der Waals surface area contributed by atoms with Gasteiger partial charge in [-0.3, -0.25) is 42.5 Å². The molecule has 9 heteroatoms. The van der Waals surface area contributed by atoms with Crippen molar-refractivity contribution < 1.29 is 36.9 Å². The first-order valence-corrected chi connectivity index (χ1v) is 17.9. The van der Waals surface area contributed by atoms with Gasteiger partial charge in [0.2, 0.25) is 0 Å². The summed E-state index contributed by atoms with van der Waals surface area (Å²) in [7, 11) is 0. The quantitative estimate of drug-likeness (QED) is 0.193. The average molecular weight is 728 g/mol. The van der Waals surface area contributed by atoms with Crippen LogP contribution in [-0.4, -0.2) is 49.3 Å². The molecular formula is C32H56LuN8. The van der Waals surface area contributed by atoms with E-state index in [1.165, 1.54) is 103 Å². The van der Waals surface area contributed by atoms with E-state index in [1.807, 2.05) is 0 Å². The summed E-state index contributed by atoms with van der Waals surface area (Å²) < 4.78 is 0. The summed E-state index contributed by atoms with van der Waals surface area (Å²) in [5.41, 5.74) is 0. The van der Waals surface area contributed by atoms with Crippen molar-refractivity contribution in [3.63, 3.8) is 0 Å². The third kappa shape index (κ3) is 5.22. The molecule has 239 valence electrons. The van der Waals surface area contributed by atoms with Crippen molar-refractivity contribution in [2.75, 3.05) is 0 Å². The number of rotatable bonds is 0. The minimum absolute atomic E-state index is 0. The molecule has 41 heavy (non-hydrogen) atoms. The molecule has 8 bridgehead atoms. The van der Waals surface area contributed by atoms with Crippen LogP contribution in [-0.2, 0) is 0 Å². The number of hydrogen-bond acceptors (Lipinski definition) is 8. The smallest absolute Gasteiger partial charge is 0.0628 e. The minimum Gasteiger partial charge on any atom is -0.286 e. The zero-order valence-corrected chi connectivity index (χ0v) is 26.5. The molecule has 8 N–H and O–H groups in total. The van der Waals surface area contributed by atoms with E-state index in [2.05, 4.69) is 42.5 Å². The monoisotopic (exact) mass is 727 g/mol. The Balaban J connectivity index is 0.00000256. The second kappa shape index (κ2) is 12.3.